The molecule has 1 saturated heterocycles. The van der Waals surface area contributed by atoms with Crippen LogP contribution in [0.4, 0.5) is 0 Å². The third-order valence-corrected chi connectivity index (χ3v) is 8.54. The number of rotatable bonds is 11. The Morgan fingerprint density at radius 3 is 2.26 bits per heavy atom. The zero-order valence-electron chi connectivity index (χ0n) is 22.9. The maximum absolute atomic E-state index is 9.88. The highest BCUT2D eigenvalue weighted by molar-refractivity contribution is 7.19. The quantitative estimate of drug-likeness (QED) is 0.186. The van der Waals surface area contributed by atoms with E-state index in [2.05, 4.69) is 36.4 Å². The molecule has 5 rings (SSSR count). The summed E-state index contributed by atoms with van der Waals surface area (Å²) >= 11 is 8.02. The van der Waals surface area contributed by atoms with Crippen LogP contribution in [-0.2, 0) is 39.7 Å². The lowest BCUT2D eigenvalue weighted by molar-refractivity contribution is -0.141. The SMILES string of the molecule is CC.OCCc1c(C2CC(OCc3ccccc3)CC(COCc3ccccc3)O2)sc2c(CCl)cccc12. The molecule has 6 heteroatoms. The Morgan fingerprint density at radius 1 is 0.897 bits per heavy atom. The lowest BCUT2D eigenvalue weighted by Gasteiger charge is -2.35. The molecular weight excluding hydrogens is 528 g/mol. The second-order valence-corrected chi connectivity index (χ2v) is 10.8. The maximum Gasteiger partial charge on any atom is 0.0949 e. The van der Waals surface area contributed by atoms with E-state index in [-0.39, 0.29) is 24.9 Å². The molecule has 208 valence electrons. The Hall–Kier alpha value is -2.25. The molecule has 1 aliphatic heterocycles. The minimum atomic E-state index is -0.123. The fourth-order valence-corrected chi connectivity index (χ4v) is 6.75. The van der Waals surface area contributed by atoms with E-state index < -0.39 is 0 Å². The first-order valence-electron chi connectivity index (χ1n) is 13.9. The fraction of sp³-hybridized carbons (Fsp3) is 0.394. The van der Waals surface area contributed by atoms with Crippen LogP contribution in [0.5, 0.6) is 0 Å². The van der Waals surface area contributed by atoms with Crippen LogP contribution in [0.2, 0.25) is 0 Å². The van der Waals surface area contributed by atoms with E-state index in [1.165, 1.54) is 15.0 Å². The van der Waals surface area contributed by atoms with Gasteiger partial charge in [0.05, 0.1) is 38.1 Å². The summed E-state index contributed by atoms with van der Waals surface area (Å²) in [7, 11) is 0. The van der Waals surface area contributed by atoms with Crippen LogP contribution in [0.25, 0.3) is 10.1 Å². The number of aliphatic hydroxyl groups excluding tert-OH is 1. The lowest BCUT2D eigenvalue weighted by atomic mass is 9.96. The number of aliphatic hydroxyl groups is 1. The van der Waals surface area contributed by atoms with Crippen molar-refractivity contribution in [3.63, 3.8) is 0 Å². The predicted molar refractivity (Wildman–Crippen MR) is 161 cm³/mol. The van der Waals surface area contributed by atoms with Gasteiger partial charge in [-0.2, -0.15) is 0 Å². The van der Waals surface area contributed by atoms with Crippen LogP contribution in [0, 0.1) is 0 Å². The van der Waals surface area contributed by atoms with E-state index in [0.29, 0.717) is 32.1 Å². The van der Waals surface area contributed by atoms with Crippen molar-refractivity contribution in [2.75, 3.05) is 13.2 Å². The number of ether oxygens (including phenoxy) is 3. The number of hydrogen-bond donors (Lipinski definition) is 1. The summed E-state index contributed by atoms with van der Waals surface area (Å²) in [6.07, 6.45) is 1.98. The Morgan fingerprint density at radius 2 is 1.59 bits per heavy atom. The molecule has 2 heterocycles. The van der Waals surface area contributed by atoms with E-state index in [4.69, 9.17) is 25.8 Å². The monoisotopic (exact) mass is 566 g/mol. The Bertz CT molecular complexity index is 1260. The third-order valence-electron chi connectivity index (χ3n) is 6.83. The van der Waals surface area contributed by atoms with Gasteiger partial charge in [-0.3, -0.25) is 0 Å². The fourth-order valence-electron chi connectivity index (χ4n) is 5.04. The normalized spacial score (nSPS) is 19.0. The summed E-state index contributed by atoms with van der Waals surface area (Å²) in [5.41, 5.74) is 4.59. The molecule has 39 heavy (non-hydrogen) atoms. The maximum atomic E-state index is 9.88. The number of alkyl halides is 1. The number of benzene rings is 3. The number of fused-ring (bicyclic) bond motifs is 1. The zero-order chi connectivity index (χ0) is 27.5. The molecule has 4 nitrogen and oxygen atoms in total. The van der Waals surface area contributed by atoms with E-state index in [0.717, 1.165) is 35.1 Å². The minimum absolute atomic E-state index is 0.0453. The second kappa shape index (κ2) is 15.5. The first-order valence-corrected chi connectivity index (χ1v) is 15.2. The average molecular weight is 567 g/mol. The highest BCUT2D eigenvalue weighted by Crippen LogP contribution is 2.43. The highest BCUT2D eigenvalue weighted by atomic mass is 35.5. The molecule has 0 radical (unpaired) electrons. The van der Waals surface area contributed by atoms with Crippen molar-refractivity contribution in [1.82, 2.24) is 0 Å². The van der Waals surface area contributed by atoms with E-state index in [9.17, 15) is 5.11 Å². The van der Waals surface area contributed by atoms with Gasteiger partial charge in [-0.05, 0) is 34.1 Å². The summed E-state index contributed by atoms with van der Waals surface area (Å²) in [5.74, 6) is 0.458. The van der Waals surface area contributed by atoms with Crippen molar-refractivity contribution in [1.29, 1.82) is 0 Å². The summed E-state index contributed by atoms with van der Waals surface area (Å²) in [5, 5.41) is 11.0. The molecule has 1 aliphatic rings. The van der Waals surface area contributed by atoms with Crippen LogP contribution >= 0.6 is 22.9 Å². The molecule has 0 amide bonds. The molecule has 0 bridgehead atoms. The van der Waals surface area contributed by atoms with Crippen molar-refractivity contribution in [2.45, 2.75) is 70.5 Å². The van der Waals surface area contributed by atoms with Gasteiger partial charge in [0.25, 0.3) is 0 Å². The summed E-state index contributed by atoms with van der Waals surface area (Å²) in [4.78, 5) is 1.17. The van der Waals surface area contributed by atoms with Crippen LogP contribution in [0.3, 0.4) is 0 Å². The van der Waals surface area contributed by atoms with E-state index in [1.54, 1.807) is 11.3 Å². The summed E-state index contributed by atoms with van der Waals surface area (Å²) < 4.78 is 20.4. The molecule has 0 saturated carbocycles. The van der Waals surface area contributed by atoms with Gasteiger partial charge in [0.2, 0.25) is 0 Å². The minimum Gasteiger partial charge on any atom is -0.396 e. The molecule has 3 unspecified atom stereocenters. The van der Waals surface area contributed by atoms with Crippen molar-refractivity contribution < 1.29 is 19.3 Å². The molecule has 1 N–H and O–H groups in total. The molecule has 3 atom stereocenters. The van der Waals surface area contributed by atoms with Gasteiger partial charge in [0, 0.05) is 34.9 Å². The Kier molecular flexibility index (Phi) is 11.8. The molecule has 4 aromatic rings. The molecule has 1 aromatic heterocycles. The number of hydrogen-bond acceptors (Lipinski definition) is 5. The summed E-state index contributed by atoms with van der Waals surface area (Å²) in [6, 6.07) is 26.7. The van der Waals surface area contributed by atoms with Crippen molar-refractivity contribution in [3.05, 3.63) is 106 Å². The average Bonchev–Trinajstić information content (AvgIpc) is 3.37. The Labute approximate surface area is 241 Å². The van der Waals surface area contributed by atoms with Gasteiger partial charge in [0.15, 0.2) is 0 Å². The standard InChI is InChI=1S/C31H33ClO4S.C2H6/c32-18-24-12-7-13-27-28(14-15-33)31(37-30(24)27)29-17-25(35-20-23-10-5-2-6-11-23)16-26(36-29)21-34-19-22-8-3-1-4-9-22;1-2/h1-13,25-26,29,33H,14-21H2;1-2H3. The van der Waals surface area contributed by atoms with Crippen molar-refractivity contribution in [2.24, 2.45) is 0 Å². The van der Waals surface area contributed by atoms with Gasteiger partial charge in [-0.25, -0.2) is 0 Å². The Balaban J connectivity index is 0.00000172. The lowest BCUT2D eigenvalue weighted by Crippen LogP contribution is -2.35. The highest BCUT2D eigenvalue weighted by Gasteiger charge is 2.34. The van der Waals surface area contributed by atoms with Crippen LogP contribution < -0.4 is 0 Å². The van der Waals surface area contributed by atoms with Gasteiger partial charge >= 0.3 is 0 Å². The van der Waals surface area contributed by atoms with E-state index in [1.807, 2.05) is 56.3 Å². The molecule has 1 fully saturated rings. The second-order valence-electron chi connectivity index (χ2n) is 9.48. The zero-order valence-corrected chi connectivity index (χ0v) is 24.4. The number of thiophene rings is 1. The van der Waals surface area contributed by atoms with E-state index >= 15 is 0 Å². The van der Waals surface area contributed by atoms with Gasteiger partial charge in [0.1, 0.15) is 0 Å². The molecular formula is C33H39ClO4S. The van der Waals surface area contributed by atoms with Crippen LogP contribution in [-0.4, -0.2) is 30.5 Å². The van der Waals surface area contributed by atoms with Crippen molar-refractivity contribution in [3.8, 4) is 0 Å². The first kappa shape index (κ1) is 29.7. The molecule has 0 spiro atoms. The largest absolute Gasteiger partial charge is 0.396 e. The summed E-state index contributed by atoms with van der Waals surface area (Å²) in [6.45, 7) is 5.72. The van der Waals surface area contributed by atoms with Gasteiger partial charge < -0.3 is 19.3 Å². The number of halogens is 1. The van der Waals surface area contributed by atoms with Gasteiger partial charge in [-0.15, -0.1) is 22.9 Å². The first-order chi connectivity index (χ1) is 19.2. The molecule has 3 aromatic carbocycles. The predicted octanol–water partition coefficient (Wildman–Crippen LogP) is 8.22. The van der Waals surface area contributed by atoms with Gasteiger partial charge in [-0.1, -0.05) is 92.7 Å². The van der Waals surface area contributed by atoms with Crippen LogP contribution in [0.1, 0.15) is 59.9 Å². The smallest absolute Gasteiger partial charge is 0.0949 e. The molecule has 0 aliphatic carbocycles. The third kappa shape index (κ3) is 7.91. The van der Waals surface area contributed by atoms with Crippen molar-refractivity contribution >= 4 is 33.0 Å². The topological polar surface area (TPSA) is 47.9 Å². The van der Waals surface area contributed by atoms with Crippen LogP contribution in [0.15, 0.2) is 78.9 Å².